The van der Waals surface area contributed by atoms with Crippen molar-refractivity contribution in [2.75, 3.05) is 32.7 Å². The van der Waals surface area contributed by atoms with Crippen molar-refractivity contribution in [1.82, 2.24) is 10.2 Å². The molecule has 0 saturated carbocycles. The monoisotopic (exact) mass is 274 g/mol. The fraction of sp³-hybridized carbons (Fsp3) is 0.647. The summed E-state index contributed by atoms with van der Waals surface area (Å²) in [6.45, 7) is 8.06. The summed E-state index contributed by atoms with van der Waals surface area (Å²) in [5.41, 5.74) is 1.37. The second kappa shape index (κ2) is 6.59. The van der Waals surface area contributed by atoms with Crippen molar-refractivity contribution in [3.05, 3.63) is 29.8 Å². The Morgan fingerprint density at radius 1 is 1.20 bits per heavy atom. The second-order valence-corrected chi connectivity index (χ2v) is 6.10. The van der Waals surface area contributed by atoms with E-state index in [2.05, 4.69) is 41.4 Å². The zero-order valence-electron chi connectivity index (χ0n) is 12.5. The molecule has 1 saturated heterocycles. The summed E-state index contributed by atoms with van der Waals surface area (Å²) in [6, 6.07) is 8.46. The van der Waals surface area contributed by atoms with Gasteiger partial charge >= 0.3 is 0 Å². The number of hydrogen-bond donors (Lipinski definition) is 1. The minimum atomic E-state index is 0.342. The molecule has 2 heterocycles. The summed E-state index contributed by atoms with van der Waals surface area (Å²) in [5, 5.41) is 3.45. The molecule has 1 aromatic carbocycles. The first-order valence-electron chi connectivity index (χ1n) is 8.02. The van der Waals surface area contributed by atoms with E-state index in [1.807, 2.05) is 0 Å². The molecule has 1 unspecified atom stereocenters. The lowest BCUT2D eigenvalue weighted by Gasteiger charge is -2.30. The first kappa shape index (κ1) is 13.9. The van der Waals surface area contributed by atoms with E-state index in [-0.39, 0.29) is 0 Å². The van der Waals surface area contributed by atoms with E-state index in [4.69, 9.17) is 4.74 Å². The van der Waals surface area contributed by atoms with E-state index in [0.717, 1.165) is 31.2 Å². The Kier molecular flexibility index (Phi) is 4.58. The molecule has 2 aliphatic heterocycles. The van der Waals surface area contributed by atoms with Crippen LogP contribution in [0, 0.1) is 5.92 Å². The van der Waals surface area contributed by atoms with Gasteiger partial charge in [-0.3, -0.25) is 4.90 Å². The van der Waals surface area contributed by atoms with Gasteiger partial charge in [0.05, 0.1) is 0 Å². The maximum absolute atomic E-state index is 6.07. The molecule has 0 spiro atoms. The molecule has 0 amide bonds. The number of ether oxygens (including phenoxy) is 1. The molecule has 1 N–H and O–H groups in total. The zero-order valence-corrected chi connectivity index (χ0v) is 12.5. The van der Waals surface area contributed by atoms with Crippen LogP contribution in [0.15, 0.2) is 24.3 Å². The van der Waals surface area contributed by atoms with Gasteiger partial charge < -0.3 is 10.1 Å². The molecule has 1 fully saturated rings. The van der Waals surface area contributed by atoms with Gasteiger partial charge in [0.25, 0.3) is 0 Å². The smallest absolute Gasteiger partial charge is 0.123 e. The Labute approximate surface area is 122 Å². The van der Waals surface area contributed by atoms with Gasteiger partial charge in [-0.25, -0.2) is 0 Å². The number of fused-ring (bicyclic) bond motifs is 1. The van der Waals surface area contributed by atoms with Gasteiger partial charge in [-0.15, -0.1) is 0 Å². The molecule has 0 aromatic heterocycles. The van der Waals surface area contributed by atoms with Crippen molar-refractivity contribution in [1.29, 1.82) is 0 Å². The van der Waals surface area contributed by atoms with Gasteiger partial charge in [-0.2, -0.15) is 0 Å². The van der Waals surface area contributed by atoms with Crippen LogP contribution in [0.1, 0.15) is 25.3 Å². The number of nitrogens with zero attached hydrogens (tertiary/aromatic N) is 1. The van der Waals surface area contributed by atoms with Crippen molar-refractivity contribution in [3.63, 3.8) is 0 Å². The number of nitrogens with one attached hydrogen (secondary N) is 1. The van der Waals surface area contributed by atoms with E-state index < -0.39 is 0 Å². The molecule has 0 aliphatic carbocycles. The molecule has 1 atom stereocenters. The number of piperidine rings is 1. The maximum Gasteiger partial charge on any atom is 0.123 e. The van der Waals surface area contributed by atoms with Crippen LogP contribution in [0.4, 0.5) is 0 Å². The van der Waals surface area contributed by atoms with E-state index in [9.17, 15) is 0 Å². The largest absolute Gasteiger partial charge is 0.488 e. The van der Waals surface area contributed by atoms with Crippen molar-refractivity contribution in [3.8, 4) is 5.75 Å². The van der Waals surface area contributed by atoms with Crippen LogP contribution < -0.4 is 10.1 Å². The summed E-state index contributed by atoms with van der Waals surface area (Å²) in [4.78, 5) is 2.58. The normalized spacial score (nSPS) is 22.8. The fourth-order valence-corrected chi connectivity index (χ4v) is 3.41. The van der Waals surface area contributed by atoms with Crippen molar-refractivity contribution >= 4 is 0 Å². The topological polar surface area (TPSA) is 24.5 Å². The predicted molar refractivity (Wildman–Crippen MR) is 82.3 cm³/mol. The third-order valence-corrected chi connectivity index (χ3v) is 4.60. The highest BCUT2D eigenvalue weighted by Gasteiger charge is 2.25. The van der Waals surface area contributed by atoms with E-state index in [1.165, 1.54) is 38.0 Å². The summed E-state index contributed by atoms with van der Waals surface area (Å²) >= 11 is 0. The number of para-hydroxylation sites is 1. The van der Waals surface area contributed by atoms with Crippen LogP contribution in [-0.2, 0) is 6.42 Å². The van der Waals surface area contributed by atoms with Gasteiger partial charge in [0.15, 0.2) is 0 Å². The minimum Gasteiger partial charge on any atom is -0.488 e. The van der Waals surface area contributed by atoms with Crippen LogP contribution in [0.25, 0.3) is 0 Å². The molecular weight excluding hydrogens is 248 g/mol. The second-order valence-electron chi connectivity index (χ2n) is 6.10. The summed E-state index contributed by atoms with van der Waals surface area (Å²) in [5.74, 6) is 1.95. The minimum absolute atomic E-state index is 0.342. The molecule has 0 bridgehead atoms. The lowest BCUT2D eigenvalue weighted by Crippen LogP contribution is -2.40. The highest BCUT2D eigenvalue weighted by Crippen LogP contribution is 2.28. The Hall–Kier alpha value is -1.06. The van der Waals surface area contributed by atoms with Crippen LogP contribution in [-0.4, -0.2) is 43.7 Å². The molecule has 0 radical (unpaired) electrons. The molecule has 1 aromatic rings. The molecule has 3 rings (SSSR count). The van der Waals surface area contributed by atoms with Crippen LogP contribution in [0.3, 0.4) is 0 Å². The third-order valence-electron chi connectivity index (χ3n) is 4.60. The standard InChI is InChI=1S/C17H26N2O/c1-2-19(12-14-7-9-18-10-8-14)13-16-11-15-5-3-4-6-17(15)20-16/h3-6,14,16,18H,2,7-13H2,1H3. The Balaban J connectivity index is 1.51. The SMILES string of the molecule is CCN(CC1CCNCC1)CC1Cc2ccccc2O1. The first-order valence-corrected chi connectivity index (χ1v) is 8.02. The first-order chi connectivity index (χ1) is 9.85. The lowest BCUT2D eigenvalue weighted by molar-refractivity contribution is 0.133. The summed E-state index contributed by atoms with van der Waals surface area (Å²) < 4.78 is 6.07. The average molecular weight is 274 g/mol. The third kappa shape index (κ3) is 3.33. The summed E-state index contributed by atoms with van der Waals surface area (Å²) in [7, 11) is 0. The molecule has 2 aliphatic rings. The van der Waals surface area contributed by atoms with Gasteiger partial charge in [0.1, 0.15) is 11.9 Å². The Bertz CT molecular complexity index is 404. The van der Waals surface area contributed by atoms with Crippen molar-refractivity contribution < 1.29 is 4.74 Å². The number of hydrogen-bond acceptors (Lipinski definition) is 3. The average Bonchev–Trinajstić information content (AvgIpc) is 2.90. The van der Waals surface area contributed by atoms with Gasteiger partial charge in [0.2, 0.25) is 0 Å². The molecule has 3 nitrogen and oxygen atoms in total. The van der Waals surface area contributed by atoms with E-state index >= 15 is 0 Å². The lowest BCUT2D eigenvalue weighted by atomic mass is 9.97. The van der Waals surface area contributed by atoms with Crippen molar-refractivity contribution in [2.45, 2.75) is 32.3 Å². The van der Waals surface area contributed by atoms with Gasteiger partial charge in [-0.05, 0) is 50.0 Å². The van der Waals surface area contributed by atoms with E-state index in [1.54, 1.807) is 0 Å². The van der Waals surface area contributed by atoms with Gasteiger partial charge in [0, 0.05) is 19.5 Å². The van der Waals surface area contributed by atoms with Crippen LogP contribution in [0.5, 0.6) is 5.75 Å². The molecular formula is C17H26N2O. The zero-order chi connectivity index (χ0) is 13.8. The fourth-order valence-electron chi connectivity index (χ4n) is 3.41. The quantitative estimate of drug-likeness (QED) is 0.892. The predicted octanol–water partition coefficient (Wildman–Crippen LogP) is 2.31. The number of benzene rings is 1. The van der Waals surface area contributed by atoms with Crippen LogP contribution in [0.2, 0.25) is 0 Å². The summed E-state index contributed by atoms with van der Waals surface area (Å²) in [6.07, 6.45) is 4.05. The number of rotatable bonds is 5. The highest BCUT2D eigenvalue weighted by atomic mass is 16.5. The van der Waals surface area contributed by atoms with Crippen LogP contribution >= 0.6 is 0 Å². The maximum atomic E-state index is 6.07. The highest BCUT2D eigenvalue weighted by molar-refractivity contribution is 5.37. The van der Waals surface area contributed by atoms with Crippen molar-refractivity contribution in [2.24, 2.45) is 5.92 Å². The molecule has 110 valence electrons. The van der Waals surface area contributed by atoms with E-state index in [0.29, 0.717) is 6.10 Å². The molecule has 20 heavy (non-hydrogen) atoms. The molecule has 3 heteroatoms. The van der Waals surface area contributed by atoms with Gasteiger partial charge in [-0.1, -0.05) is 25.1 Å². The Morgan fingerprint density at radius 3 is 2.75 bits per heavy atom. The number of likely N-dealkylation sites (N-methyl/N-ethyl adjacent to an activating group) is 1. The Morgan fingerprint density at radius 2 is 2.00 bits per heavy atom.